The number of ether oxygens (including phenoxy) is 1. The van der Waals surface area contributed by atoms with Crippen LogP contribution in [0.4, 0.5) is 24.5 Å². The molecule has 5 rings (SSSR count). The van der Waals surface area contributed by atoms with E-state index in [0.29, 0.717) is 22.9 Å². The van der Waals surface area contributed by atoms with Crippen LogP contribution < -0.4 is 14.8 Å². The highest BCUT2D eigenvalue weighted by Crippen LogP contribution is 2.52. The van der Waals surface area contributed by atoms with Crippen molar-refractivity contribution in [2.24, 2.45) is 5.92 Å². The molecule has 1 aliphatic carbocycles. The zero-order chi connectivity index (χ0) is 25.7. The Hall–Kier alpha value is -3.17. The second-order valence-electron chi connectivity index (χ2n) is 8.76. The molecular formula is C26H22ClF3N2O3S. The minimum absolute atomic E-state index is 0.0262. The quantitative estimate of drug-likeness (QED) is 0.346. The average molecular weight is 535 g/mol. The molecular weight excluding hydrogens is 513 g/mol. The molecule has 0 radical (unpaired) electrons. The maximum atomic E-state index is 13.8. The van der Waals surface area contributed by atoms with E-state index in [1.54, 1.807) is 30.3 Å². The van der Waals surface area contributed by atoms with Crippen molar-refractivity contribution in [3.8, 4) is 5.75 Å². The fourth-order valence-corrected chi connectivity index (χ4v) is 6.31. The second-order valence-corrected chi connectivity index (χ2v) is 10.9. The summed E-state index contributed by atoms with van der Waals surface area (Å²) in [5.74, 6) is -0.115. The Labute approximate surface area is 212 Å². The van der Waals surface area contributed by atoms with Crippen molar-refractivity contribution in [1.29, 1.82) is 0 Å². The number of anilines is 2. The molecule has 0 spiro atoms. The number of methoxy groups -OCH3 is 1. The highest BCUT2D eigenvalue weighted by Gasteiger charge is 2.42. The van der Waals surface area contributed by atoms with Gasteiger partial charge in [0, 0.05) is 16.6 Å². The lowest BCUT2D eigenvalue weighted by molar-refractivity contribution is -0.138. The van der Waals surface area contributed by atoms with Crippen molar-refractivity contribution in [2.75, 3.05) is 17.1 Å². The first-order chi connectivity index (χ1) is 17.1. The van der Waals surface area contributed by atoms with Gasteiger partial charge in [0.05, 0.1) is 29.3 Å². The third-order valence-corrected chi connectivity index (χ3v) is 8.25. The van der Waals surface area contributed by atoms with E-state index in [1.807, 2.05) is 12.2 Å². The van der Waals surface area contributed by atoms with Crippen molar-refractivity contribution in [1.82, 2.24) is 0 Å². The fourth-order valence-electron chi connectivity index (χ4n) is 5.04. The van der Waals surface area contributed by atoms with Crippen LogP contribution in [-0.2, 0) is 16.2 Å². The van der Waals surface area contributed by atoms with E-state index < -0.39 is 27.8 Å². The molecule has 0 bridgehead atoms. The van der Waals surface area contributed by atoms with Gasteiger partial charge in [-0.25, -0.2) is 8.42 Å². The van der Waals surface area contributed by atoms with Gasteiger partial charge in [-0.3, -0.25) is 4.72 Å². The Morgan fingerprint density at radius 1 is 1.06 bits per heavy atom. The lowest BCUT2D eigenvalue weighted by atomic mass is 9.76. The molecule has 0 amide bonds. The number of benzene rings is 3. The van der Waals surface area contributed by atoms with Crippen molar-refractivity contribution < 1.29 is 26.3 Å². The molecule has 0 fully saturated rings. The van der Waals surface area contributed by atoms with Crippen LogP contribution in [0.5, 0.6) is 5.75 Å². The number of fused-ring (bicyclic) bond motifs is 3. The lowest BCUT2D eigenvalue weighted by Crippen LogP contribution is -2.31. The molecule has 1 aliphatic heterocycles. The van der Waals surface area contributed by atoms with Crippen LogP contribution in [0.1, 0.15) is 35.1 Å². The molecule has 1 heterocycles. The second kappa shape index (κ2) is 9.05. The van der Waals surface area contributed by atoms with E-state index in [9.17, 15) is 21.6 Å². The first kappa shape index (κ1) is 24.5. The van der Waals surface area contributed by atoms with Gasteiger partial charge in [0.25, 0.3) is 10.0 Å². The normalized spacial score (nSPS) is 20.9. The van der Waals surface area contributed by atoms with E-state index in [-0.39, 0.29) is 28.0 Å². The van der Waals surface area contributed by atoms with Gasteiger partial charge in [-0.05, 0) is 65.9 Å². The summed E-state index contributed by atoms with van der Waals surface area (Å²) in [6.07, 6.45) is -0.0308. The van der Waals surface area contributed by atoms with Crippen molar-refractivity contribution >= 4 is 33.0 Å². The molecule has 36 heavy (non-hydrogen) atoms. The number of rotatable bonds is 5. The van der Waals surface area contributed by atoms with E-state index in [0.717, 1.165) is 11.6 Å². The van der Waals surface area contributed by atoms with Gasteiger partial charge in [-0.15, -0.1) is 0 Å². The molecule has 2 aliphatic rings. The van der Waals surface area contributed by atoms with E-state index in [1.165, 1.54) is 31.4 Å². The lowest BCUT2D eigenvalue weighted by Gasteiger charge is -2.38. The number of nitrogens with one attached hydrogen (secondary N) is 2. The summed E-state index contributed by atoms with van der Waals surface area (Å²) in [5.41, 5.74) is 1.03. The molecule has 3 aromatic rings. The minimum atomic E-state index is -4.48. The van der Waals surface area contributed by atoms with E-state index >= 15 is 0 Å². The van der Waals surface area contributed by atoms with Crippen LogP contribution in [0.25, 0.3) is 0 Å². The monoisotopic (exact) mass is 534 g/mol. The van der Waals surface area contributed by atoms with Crippen molar-refractivity contribution in [3.05, 3.63) is 94.5 Å². The smallest absolute Gasteiger partial charge is 0.416 e. The molecule has 3 aromatic carbocycles. The molecule has 10 heteroatoms. The van der Waals surface area contributed by atoms with Gasteiger partial charge < -0.3 is 10.1 Å². The van der Waals surface area contributed by atoms with Crippen LogP contribution in [0.15, 0.2) is 77.7 Å². The van der Waals surface area contributed by atoms with Gasteiger partial charge in [0.1, 0.15) is 5.75 Å². The number of halogens is 4. The zero-order valence-corrected chi connectivity index (χ0v) is 20.6. The number of sulfonamides is 1. The van der Waals surface area contributed by atoms with Gasteiger partial charge in [-0.2, -0.15) is 13.2 Å². The summed E-state index contributed by atoms with van der Waals surface area (Å²) in [4.78, 5) is 0.0262. The maximum absolute atomic E-state index is 13.8. The zero-order valence-electron chi connectivity index (χ0n) is 19.0. The largest absolute Gasteiger partial charge is 0.495 e. The molecule has 0 saturated heterocycles. The summed E-state index contributed by atoms with van der Waals surface area (Å²) >= 11 is 6.03. The summed E-state index contributed by atoms with van der Waals surface area (Å²) < 4.78 is 75.5. The van der Waals surface area contributed by atoms with Crippen LogP contribution in [0.2, 0.25) is 5.02 Å². The minimum Gasteiger partial charge on any atom is -0.495 e. The van der Waals surface area contributed by atoms with Gasteiger partial charge in [-0.1, -0.05) is 42.0 Å². The molecule has 0 unspecified atom stereocenters. The summed E-state index contributed by atoms with van der Waals surface area (Å²) in [6.45, 7) is 0. The van der Waals surface area contributed by atoms with Crippen molar-refractivity contribution in [3.63, 3.8) is 0 Å². The predicted octanol–water partition coefficient (Wildman–Crippen LogP) is 6.99. The van der Waals surface area contributed by atoms with Crippen LogP contribution in [0.3, 0.4) is 0 Å². The number of hydrogen-bond donors (Lipinski definition) is 2. The molecule has 2 N–H and O–H groups in total. The number of alkyl halides is 3. The molecule has 0 saturated carbocycles. The number of allylic oxidation sites excluding steroid dienone is 2. The highest BCUT2D eigenvalue weighted by atomic mass is 35.5. The first-order valence-corrected chi connectivity index (χ1v) is 13.0. The van der Waals surface area contributed by atoms with E-state index in [4.69, 9.17) is 16.3 Å². The van der Waals surface area contributed by atoms with Gasteiger partial charge >= 0.3 is 6.18 Å². The topological polar surface area (TPSA) is 67.4 Å². The Kier molecular flexibility index (Phi) is 6.16. The van der Waals surface area contributed by atoms with Gasteiger partial charge in [0.15, 0.2) is 0 Å². The summed E-state index contributed by atoms with van der Waals surface area (Å²) in [6, 6.07) is 14.2. The molecule has 0 aromatic heterocycles. The number of hydrogen-bond acceptors (Lipinski definition) is 4. The van der Waals surface area contributed by atoms with Crippen LogP contribution in [0, 0.1) is 5.92 Å². The van der Waals surface area contributed by atoms with E-state index in [2.05, 4.69) is 10.0 Å². The summed E-state index contributed by atoms with van der Waals surface area (Å²) in [5, 5.41) is 3.60. The Bertz CT molecular complexity index is 1460. The highest BCUT2D eigenvalue weighted by molar-refractivity contribution is 7.92. The van der Waals surface area contributed by atoms with Crippen molar-refractivity contribution in [2.45, 2.75) is 29.5 Å². The third kappa shape index (κ3) is 4.41. The SMILES string of the molecule is COc1ccc(Cl)cc1NS(=O)(=O)c1ccc2c(c1)[C@H]1C=CC[C@H]1[C@@H](c1ccccc1C(F)(F)F)N2. The Balaban J connectivity index is 1.52. The maximum Gasteiger partial charge on any atom is 0.416 e. The van der Waals surface area contributed by atoms with Crippen LogP contribution >= 0.6 is 11.6 Å². The van der Waals surface area contributed by atoms with Gasteiger partial charge in [0.2, 0.25) is 0 Å². The molecule has 188 valence electrons. The molecule has 5 nitrogen and oxygen atoms in total. The van der Waals surface area contributed by atoms with Crippen LogP contribution in [-0.4, -0.2) is 15.5 Å². The fraction of sp³-hybridized carbons (Fsp3) is 0.231. The Morgan fingerprint density at radius 3 is 2.58 bits per heavy atom. The first-order valence-electron chi connectivity index (χ1n) is 11.2. The molecule has 3 atom stereocenters. The third-order valence-electron chi connectivity index (χ3n) is 6.65. The predicted molar refractivity (Wildman–Crippen MR) is 133 cm³/mol. The Morgan fingerprint density at radius 2 is 1.83 bits per heavy atom. The average Bonchev–Trinajstić information content (AvgIpc) is 3.33. The standard InChI is InChI=1S/C26H22ClF3N2O3S/c1-35-24-12-9-15(27)13-23(24)32-36(33,34)16-10-11-22-20(14-16)17-6-4-7-18(17)25(31-22)19-5-2-3-8-21(19)26(28,29)30/h2-6,8-14,17-18,25,31-32H,7H2,1H3/t17-,18+,25-/m0/s1. The summed E-state index contributed by atoms with van der Waals surface area (Å²) in [7, 11) is -2.58.